The van der Waals surface area contributed by atoms with Crippen LogP contribution in [-0.4, -0.2) is 45.5 Å². The number of carbonyl (C=O) groups excluding carboxylic acids is 1. The lowest BCUT2D eigenvalue weighted by Gasteiger charge is -2.17. The molecule has 160 valence electrons. The smallest absolute Gasteiger partial charge is 0.254 e. The molecule has 0 unspecified atom stereocenters. The number of aryl methyl sites for hydroxylation is 1. The zero-order valence-electron chi connectivity index (χ0n) is 17.2. The maximum atomic E-state index is 12.3. The zero-order valence-corrected chi connectivity index (χ0v) is 18.1. The van der Waals surface area contributed by atoms with E-state index in [1.165, 1.54) is 6.07 Å². The van der Waals surface area contributed by atoms with Crippen LogP contribution >= 0.6 is 0 Å². The summed E-state index contributed by atoms with van der Waals surface area (Å²) in [4.78, 5) is 35.0. The van der Waals surface area contributed by atoms with Gasteiger partial charge in [-0.05, 0) is 38.3 Å². The Kier molecular flexibility index (Phi) is 4.46. The van der Waals surface area contributed by atoms with Gasteiger partial charge in [0.25, 0.3) is 5.91 Å². The molecular formula is C20H20N6O4S. The highest BCUT2D eigenvalue weighted by molar-refractivity contribution is 7.88. The minimum absolute atomic E-state index is 0.153. The highest BCUT2D eigenvalue weighted by Crippen LogP contribution is 2.28. The molecule has 5 N–H and O–H groups in total. The van der Waals surface area contributed by atoms with Crippen molar-refractivity contribution in [3.05, 3.63) is 45.4 Å². The number of imidazole rings is 1. The van der Waals surface area contributed by atoms with Gasteiger partial charge >= 0.3 is 0 Å². The van der Waals surface area contributed by atoms with Crippen molar-refractivity contribution in [3.8, 4) is 11.8 Å². The summed E-state index contributed by atoms with van der Waals surface area (Å²) in [5.74, 6) is 5.07. The summed E-state index contributed by atoms with van der Waals surface area (Å²) >= 11 is 0. The van der Waals surface area contributed by atoms with Gasteiger partial charge in [0.2, 0.25) is 15.5 Å². The number of hydrogen-bond donors (Lipinski definition) is 4. The Morgan fingerprint density at radius 2 is 2.03 bits per heavy atom. The summed E-state index contributed by atoms with van der Waals surface area (Å²) in [6.07, 6.45) is 2.61. The number of sulfonamides is 1. The fraction of sp³-hybridized carbons (Fsp3) is 0.250. The van der Waals surface area contributed by atoms with Crippen LogP contribution in [0.1, 0.15) is 35.5 Å². The van der Waals surface area contributed by atoms with Crippen molar-refractivity contribution >= 4 is 43.8 Å². The van der Waals surface area contributed by atoms with Gasteiger partial charge in [-0.2, -0.15) is 4.72 Å². The van der Waals surface area contributed by atoms with E-state index in [4.69, 9.17) is 5.73 Å². The van der Waals surface area contributed by atoms with Gasteiger partial charge in [-0.3, -0.25) is 14.0 Å². The van der Waals surface area contributed by atoms with Crippen molar-refractivity contribution in [1.82, 2.24) is 24.1 Å². The second-order valence-corrected chi connectivity index (χ2v) is 9.64. The van der Waals surface area contributed by atoms with Crippen molar-refractivity contribution in [3.63, 3.8) is 0 Å². The standard InChI is InChI=1S/C20H20N6O4S/c1-10-5-6-12(27)14-16(10)26-18(24-14)13(17(21)28)15-19(26)23-11(9-22-15)7-8-20(2,3)25-31(4,29)30/h5-6,9,22-23,25H,1-4H3,(H2,21,28). The van der Waals surface area contributed by atoms with Crippen molar-refractivity contribution < 1.29 is 13.2 Å². The van der Waals surface area contributed by atoms with Gasteiger partial charge in [0.15, 0.2) is 5.65 Å². The zero-order chi connectivity index (χ0) is 22.7. The molecule has 10 nitrogen and oxygen atoms in total. The summed E-state index contributed by atoms with van der Waals surface area (Å²) in [7, 11) is -3.45. The number of nitrogens with two attached hydrogens (primary N) is 1. The van der Waals surface area contributed by atoms with Gasteiger partial charge in [-0.1, -0.05) is 12.0 Å². The number of nitrogens with one attached hydrogen (secondary N) is 3. The molecular weight excluding hydrogens is 420 g/mol. The minimum atomic E-state index is -3.45. The number of benzene rings is 1. The Bertz CT molecular complexity index is 1630. The number of aromatic nitrogens is 4. The molecule has 0 spiro atoms. The first-order chi connectivity index (χ1) is 14.4. The van der Waals surface area contributed by atoms with Crippen LogP contribution in [0.25, 0.3) is 27.8 Å². The van der Waals surface area contributed by atoms with E-state index in [2.05, 4.69) is 31.5 Å². The molecule has 0 atom stereocenters. The summed E-state index contributed by atoms with van der Waals surface area (Å²) in [6.45, 7) is 5.11. The largest absolute Gasteiger partial charge is 0.365 e. The molecule has 3 heterocycles. The third kappa shape index (κ3) is 3.56. The van der Waals surface area contributed by atoms with E-state index in [-0.39, 0.29) is 22.2 Å². The van der Waals surface area contributed by atoms with Crippen LogP contribution in [-0.2, 0) is 10.0 Å². The van der Waals surface area contributed by atoms with Crippen molar-refractivity contribution in [2.75, 3.05) is 6.26 Å². The van der Waals surface area contributed by atoms with E-state index in [0.29, 0.717) is 22.4 Å². The molecule has 0 aliphatic carbocycles. The average Bonchev–Trinajstić information content (AvgIpc) is 3.16. The molecule has 4 rings (SSSR count). The minimum Gasteiger partial charge on any atom is -0.365 e. The lowest BCUT2D eigenvalue weighted by Crippen LogP contribution is -2.41. The molecule has 4 aromatic rings. The van der Waals surface area contributed by atoms with Crippen molar-refractivity contribution in [2.45, 2.75) is 26.3 Å². The quantitative estimate of drug-likeness (QED) is 0.346. The SMILES string of the molecule is Cc1ccc(=O)c2nc3c(C(N)=O)c4[nH]cc(C#CC(C)(C)NS(C)(=O)=O)[nH]c4n3c12. The number of aromatic amines is 2. The Morgan fingerprint density at radius 3 is 2.68 bits per heavy atom. The Balaban J connectivity index is 2.01. The molecule has 0 bridgehead atoms. The number of fused-ring (bicyclic) bond motifs is 5. The summed E-state index contributed by atoms with van der Waals surface area (Å²) in [5, 5.41) is 0. The third-order valence-electron chi connectivity index (χ3n) is 4.71. The molecule has 0 fully saturated rings. The van der Waals surface area contributed by atoms with Crippen LogP contribution in [0.5, 0.6) is 0 Å². The van der Waals surface area contributed by atoms with E-state index < -0.39 is 21.5 Å². The van der Waals surface area contributed by atoms with Crippen LogP contribution < -0.4 is 15.9 Å². The van der Waals surface area contributed by atoms with Gasteiger partial charge in [0.1, 0.15) is 22.4 Å². The van der Waals surface area contributed by atoms with Gasteiger partial charge in [-0.15, -0.1) is 0 Å². The first-order valence-electron chi connectivity index (χ1n) is 9.25. The molecule has 1 aromatic carbocycles. The van der Waals surface area contributed by atoms with Gasteiger partial charge in [0.05, 0.1) is 22.8 Å². The molecule has 3 aromatic heterocycles. The molecule has 0 aliphatic heterocycles. The molecule has 11 heteroatoms. The second kappa shape index (κ2) is 6.69. The number of nitrogens with zero attached hydrogens (tertiary/aromatic N) is 2. The van der Waals surface area contributed by atoms with Crippen LogP contribution in [0.2, 0.25) is 0 Å². The van der Waals surface area contributed by atoms with Gasteiger partial charge < -0.3 is 15.7 Å². The van der Waals surface area contributed by atoms with Gasteiger partial charge in [0, 0.05) is 6.20 Å². The average molecular weight is 440 g/mol. The lowest BCUT2D eigenvalue weighted by atomic mass is 10.1. The van der Waals surface area contributed by atoms with Crippen molar-refractivity contribution in [2.24, 2.45) is 5.73 Å². The Labute approximate surface area is 176 Å². The Hall–Kier alpha value is -3.62. The third-order valence-corrected chi connectivity index (χ3v) is 5.59. The lowest BCUT2D eigenvalue weighted by molar-refractivity contribution is 0.100. The number of rotatable bonds is 3. The van der Waals surface area contributed by atoms with Crippen LogP contribution in [0.3, 0.4) is 0 Å². The van der Waals surface area contributed by atoms with Gasteiger partial charge in [-0.25, -0.2) is 13.4 Å². The second-order valence-electron chi connectivity index (χ2n) is 7.89. The Morgan fingerprint density at radius 1 is 1.32 bits per heavy atom. The van der Waals surface area contributed by atoms with E-state index in [1.54, 1.807) is 30.5 Å². The number of H-pyrrole nitrogens is 2. The van der Waals surface area contributed by atoms with Crippen LogP contribution in [0, 0.1) is 18.8 Å². The number of primary amides is 1. The molecule has 0 aliphatic rings. The van der Waals surface area contributed by atoms with E-state index in [9.17, 15) is 18.0 Å². The summed E-state index contributed by atoms with van der Waals surface area (Å²) < 4.78 is 27.2. The van der Waals surface area contributed by atoms with E-state index in [1.807, 2.05) is 6.92 Å². The van der Waals surface area contributed by atoms with Crippen LogP contribution in [0.15, 0.2) is 23.1 Å². The predicted molar refractivity (Wildman–Crippen MR) is 117 cm³/mol. The normalized spacial score (nSPS) is 12.4. The molecule has 31 heavy (non-hydrogen) atoms. The van der Waals surface area contributed by atoms with E-state index >= 15 is 0 Å². The molecule has 0 saturated carbocycles. The highest BCUT2D eigenvalue weighted by atomic mass is 32.2. The maximum Gasteiger partial charge on any atom is 0.254 e. The van der Waals surface area contributed by atoms with Crippen LogP contribution in [0.4, 0.5) is 0 Å². The van der Waals surface area contributed by atoms with Crippen molar-refractivity contribution in [1.29, 1.82) is 0 Å². The topological polar surface area (TPSA) is 155 Å². The highest BCUT2D eigenvalue weighted by Gasteiger charge is 2.24. The fourth-order valence-electron chi connectivity index (χ4n) is 3.62. The molecule has 1 amide bonds. The fourth-order valence-corrected chi connectivity index (χ4v) is 4.60. The predicted octanol–water partition coefficient (Wildman–Crippen LogP) is 0.744. The summed E-state index contributed by atoms with van der Waals surface area (Å²) in [5.41, 5.74) is 7.66. The number of hydrogen-bond acceptors (Lipinski definition) is 5. The first kappa shape index (κ1) is 20.6. The number of carbonyl (C=O) groups is 1. The summed E-state index contributed by atoms with van der Waals surface area (Å²) in [6, 6.07) is 3.12. The molecule has 0 radical (unpaired) electrons. The molecule has 0 saturated heterocycles. The first-order valence-corrected chi connectivity index (χ1v) is 11.1. The maximum absolute atomic E-state index is 12.3. The van der Waals surface area contributed by atoms with E-state index in [0.717, 1.165) is 11.8 Å². The monoisotopic (exact) mass is 440 g/mol. The number of amides is 1.